The zero-order valence-electron chi connectivity index (χ0n) is 11.2. The molecule has 4 rings (SSSR count). The molecular weight excluding hydrogens is 248 g/mol. The van der Waals surface area contributed by atoms with E-state index in [1.54, 1.807) is 0 Å². The van der Waals surface area contributed by atoms with Crippen molar-refractivity contribution in [3.8, 4) is 0 Å². The minimum Gasteiger partial charge on any atom is -0.372 e. The molecule has 1 aliphatic carbocycles. The van der Waals surface area contributed by atoms with Gasteiger partial charge in [-0.25, -0.2) is 0 Å². The van der Waals surface area contributed by atoms with Gasteiger partial charge in [0.1, 0.15) is 5.78 Å². The van der Waals surface area contributed by atoms with Gasteiger partial charge in [0.15, 0.2) is 0 Å². The minimum absolute atomic E-state index is 0.115. The largest absolute Gasteiger partial charge is 0.372 e. The standard InChI is InChI=1S/C18H16O2/c19-16-11-13-6-2-3-7-14(13)17(16)18-15-8-4-1-5-12(15)9-10-20-18/h1-8,17-18H,9-11H2. The molecule has 1 heterocycles. The summed E-state index contributed by atoms with van der Waals surface area (Å²) in [5.41, 5.74) is 4.82. The van der Waals surface area contributed by atoms with Crippen molar-refractivity contribution >= 4 is 5.78 Å². The third-order valence-electron chi connectivity index (χ3n) is 4.43. The van der Waals surface area contributed by atoms with Gasteiger partial charge in [-0.3, -0.25) is 4.79 Å². The molecule has 2 atom stereocenters. The summed E-state index contributed by atoms with van der Waals surface area (Å²) < 4.78 is 5.99. The Morgan fingerprint density at radius 1 is 0.900 bits per heavy atom. The molecule has 0 radical (unpaired) electrons. The Kier molecular flexibility index (Phi) is 2.71. The van der Waals surface area contributed by atoms with Gasteiger partial charge in [-0.05, 0) is 28.7 Å². The Labute approximate surface area is 118 Å². The summed E-state index contributed by atoms with van der Waals surface area (Å²) in [5.74, 6) is 0.153. The van der Waals surface area contributed by atoms with E-state index in [1.165, 1.54) is 11.1 Å². The van der Waals surface area contributed by atoms with Gasteiger partial charge in [0, 0.05) is 6.42 Å². The molecule has 0 N–H and O–H groups in total. The lowest BCUT2D eigenvalue weighted by atomic mass is 9.85. The number of hydrogen-bond acceptors (Lipinski definition) is 2. The third kappa shape index (κ3) is 1.72. The molecule has 2 heteroatoms. The number of ether oxygens (including phenoxy) is 1. The second-order valence-electron chi connectivity index (χ2n) is 5.56. The molecule has 0 fully saturated rings. The first kappa shape index (κ1) is 11.9. The molecule has 0 amide bonds. The number of Topliss-reactive ketones (excluding diaryl/α,β-unsaturated/α-hetero) is 1. The van der Waals surface area contributed by atoms with E-state index in [0.717, 1.165) is 17.5 Å². The summed E-state index contributed by atoms with van der Waals surface area (Å²) in [7, 11) is 0. The van der Waals surface area contributed by atoms with Crippen molar-refractivity contribution in [1.29, 1.82) is 0 Å². The van der Waals surface area contributed by atoms with Gasteiger partial charge >= 0.3 is 0 Å². The van der Waals surface area contributed by atoms with Crippen LogP contribution < -0.4 is 0 Å². The van der Waals surface area contributed by atoms with Crippen LogP contribution in [-0.2, 0) is 22.4 Å². The second-order valence-corrected chi connectivity index (χ2v) is 5.56. The van der Waals surface area contributed by atoms with Gasteiger partial charge in [-0.1, -0.05) is 48.5 Å². The van der Waals surface area contributed by atoms with Gasteiger partial charge in [0.25, 0.3) is 0 Å². The van der Waals surface area contributed by atoms with Crippen LogP contribution in [0.5, 0.6) is 0 Å². The highest BCUT2D eigenvalue weighted by molar-refractivity contribution is 5.93. The third-order valence-corrected chi connectivity index (χ3v) is 4.43. The fourth-order valence-electron chi connectivity index (χ4n) is 3.50. The molecule has 0 aromatic heterocycles. The van der Waals surface area contributed by atoms with Crippen molar-refractivity contribution in [2.24, 2.45) is 0 Å². The van der Waals surface area contributed by atoms with Crippen molar-refractivity contribution in [3.05, 3.63) is 70.8 Å². The molecule has 20 heavy (non-hydrogen) atoms. The zero-order chi connectivity index (χ0) is 13.5. The van der Waals surface area contributed by atoms with Crippen LogP contribution in [0.25, 0.3) is 0 Å². The summed E-state index contributed by atoms with van der Waals surface area (Å²) in [6.07, 6.45) is 1.37. The van der Waals surface area contributed by atoms with E-state index < -0.39 is 0 Å². The number of rotatable bonds is 1. The molecule has 2 aromatic rings. The number of fused-ring (bicyclic) bond motifs is 2. The van der Waals surface area contributed by atoms with Gasteiger partial charge in [-0.2, -0.15) is 0 Å². The predicted octanol–water partition coefficient (Wildman–Crippen LogP) is 3.21. The van der Waals surface area contributed by atoms with Crippen molar-refractivity contribution < 1.29 is 9.53 Å². The quantitative estimate of drug-likeness (QED) is 0.790. The molecule has 100 valence electrons. The molecule has 0 spiro atoms. The van der Waals surface area contributed by atoms with Crippen molar-refractivity contribution in [1.82, 2.24) is 0 Å². The highest BCUT2D eigenvalue weighted by Crippen LogP contribution is 2.43. The maximum Gasteiger partial charge on any atom is 0.147 e. The van der Waals surface area contributed by atoms with Gasteiger partial charge in [0.05, 0.1) is 18.6 Å². The smallest absolute Gasteiger partial charge is 0.147 e. The average molecular weight is 264 g/mol. The SMILES string of the molecule is O=C1Cc2ccccc2C1C1OCCc2ccccc21. The molecular formula is C18H16O2. The van der Waals surface area contributed by atoms with Crippen molar-refractivity contribution in [3.63, 3.8) is 0 Å². The van der Waals surface area contributed by atoms with Gasteiger partial charge < -0.3 is 4.74 Å². The van der Waals surface area contributed by atoms with Crippen LogP contribution in [0, 0.1) is 0 Å². The number of carbonyl (C=O) groups is 1. The van der Waals surface area contributed by atoms with E-state index in [2.05, 4.69) is 30.3 Å². The molecule has 2 nitrogen and oxygen atoms in total. The lowest BCUT2D eigenvalue weighted by Crippen LogP contribution is -2.24. The lowest BCUT2D eigenvalue weighted by Gasteiger charge is -2.30. The fourth-order valence-corrected chi connectivity index (χ4v) is 3.50. The molecule has 0 saturated carbocycles. The summed E-state index contributed by atoms with van der Waals surface area (Å²) in [5, 5.41) is 0. The van der Waals surface area contributed by atoms with Crippen LogP contribution in [0.1, 0.15) is 34.3 Å². The molecule has 2 aliphatic rings. The summed E-state index contributed by atoms with van der Waals surface area (Å²) in [6.45, 7) is 0.702. The van der Waals surface area contributed by atoms with E-state index >= 15 is 0 Å². The van der Waals surface area contributed by atoms with Gasteiger partial charge in [-0.15, -0.1) is 0 Å². The first-order valence-corrected chi connectivity index (χ1v) is 7.14. The fraction of sp³-hybridized carbons (Fsp3) is 0.278. The minimum atomic E-state index is -0.132. The van der Waals surface area contributed by atoms with Crippen LogP contribution in [0.4, 0.5) is 0 Å². The number of benzene rings is 2. The Balaban J connectivity index is 1.81. The summed E-state index contributed by atoms with van der Waals surface area (Å²) >= 11 is 0. The van der Waals surface area contributed by atoms with E-state index in [0.29, 0.717) is 13.0 Å². The van der Waals surface area contributed by atoms with Crippen LogP contribution in [0.2, 0.25) is 0 Å². The van der Waals surface area contributed by atoms with E-state index in [1.807, 2.05) is 18.2 Å². The molecule has 2 aromatic carbocycles. The van der Waals surface area contributed by atoms with Crippen LogP contribution in [0.15, 0.2) is 48.5 Å². The van der Waals surface area contributed by atoms with Crippen molar-refractivity contribution in [2.75, 3.05) is 6.61 Å². The predicted molar refractivity (Wildman–Crippen MR) is 76.7 cm³/mol. The monoisotopic (exact) mass is 264 g/mol. The maximum atomic E-state index is 12.5. The number of carbonyl (C=O) groups excluding carboxylic acids is 1. The molecule has 0 bridgehead atoms. The number of hydrogen-bond donors (Lipinski definition) is 0. The zero-order valence-corrected chi connectivity index (χ0v) is 11.2. The first-order valence-electron chi connectivity index (χ1n) is 7.14. The van der Waals surface area contributed by atoms with Crippen LogP contribution in [0.3, 0.4) is 0 Å². The first-order chi connectivity index (χ1) is 9.84. The summed E-state index contributed by atoms with van der Waals surface area (Å²) in [4.78, 5) is 12.5. The molecule has 2 unspecified atom stereocenters. The normalized spacial score (nSPS) is 24.3. The van der Waals surface area contributed by atoms with E-state index in [-0.39, 0.29) is 17.8 Å². The lowest BCUT2D eigenvalue weighted by molar-refractivity contribution is -0.123. The summed E-state index contributed by atoms with van der Waals surface area (Å²) in [6, 6.07) is 16.5. The molecule has 1 aliphatic heterocycles. The van der Waals surface area contributed by atoms with Gasteiger partial charge in [0.2, 0.25) is 0 Å². The van der Waals surface area contributed by atoms with E-state index in [4.69, 9.17) is 4.74 Å². The maximum absolute atomic E-state index is 12.5. The molecule has 0 saturated heterocycles. The Hall–Kier alpha value is -1.93. The highest BCUT2D eigenvalue weighted by atomic mass is 16.5. The van der Waals surface area contributed by atoms with E-state index in [9.17, 15) is 4.79 Å². The Morgan fingerprint density at radius 3 is 2.45 bits per heavy atom. The highest BCUT2D eigenvalue weighted by Gasteiger charge is 2.39. The Bertz CT molecular complexity index is 675. The van der Waals surface area contributed by atoms with Crippen molar-refractivity contribution in [2.45, 2.75) is 24.9 Å². The van der Waals surface area contributed by atoms with Crippen LogP contribution in [-0.4, -0.2) is 12.4 Å². The van der Waals surface area contributed by atoms with Crippen LogP contribution >= 0.6 is 0 Å². The second kappa shape index (κ2) is 4.57. The topological polar surface area (TPSA) is 26.3 Å². The number of ketones is 1. The average Bonchev–Trinajstić information content (AvgIpc) is 2.82. The Morgan fingerprint density at radius 2 is 1.60 bits per heavy atom.